The number of aliphatic carboxylic acids is 1. The van der Waals surface area contributed by atoms with Crippen LogP contribution < -0.4 is 10.7 Å². The molecule has 0 saturated heterocycles. The molecule has 1 aliphatic rings. The molecule has 1 aliphatic carbocycles. The Balaban J connectivity index is 1.97. The quantitative estimate of drug-likeness (QED) is 0.509. The van der Waals surface area contributed by atoms with Gasteiger partial charge in [-0.15, -0.1) is 11.3 Å². The van der Waals surface area contributed by atoms with Crippen LogP contribution in [0.25, 0.3) is 15.9 Å². The molecule has 3 aromatic rings. The van der Waals surface area contributed by atoms with Crippen molar-refractivity contribution in [2.75, 3.05) is 5.75 Å². The minimum Gasteiger partial charge on any atom is -0.549 e. The number of carboxylic acid groups (broad SMARTS) is 1. The summed E-state index contributed by atoms with van der Waals surface area (Å²) in [7, 11) is 0. The van der Waals surface area contributed by atoms with E-state index in [1.807, 2.05) is 31.2 Å². The van der Waals surface area contributed by atoms with Crippen LogP contribution in [0.3, 0.4) is 0 Å². The van der Waals surface area contributed by atoms with E-state index in [9.17, 15) is 14.7 Å². The Kier molecular flexibility index (Phi) is 4.58. The Morgan fingerprint density at radius 3 is 2.73 bits per heavy atom. The van der Waals surface area contributed by atoms with E-state index < -0.39 is 5.97 Å². The van der Waals surface area contributed by atoms with Crippen molar-refractivity contribution < 1.29 is 9.90 Å². The molecule has 0 N–H and O–H groups in total. The second kappa shape index (κ2) is 6.89. The molecule has 1 aromatic carbocycles. The normalized spacial score (nSPS) is 13.7. The number of rotatable bonds is 4. The number of carboxylic acids is 1. The molecular formula is C19H17N2O3S2-. The lowest BCUT2D eigenvalue weighted by Gasteiger charge is -2.14. The molecule has 0 unspecified atom stereocenters. The first-order chi connectivity index (χ1) is 12.5. The van der Waals surface area contributed by atoms with Crippen LogP contribution in [0.15, 0.2) is 34.2 Å². The molecule has 0 saturated carbocycles. The fourth-order valence-corrected chi connectivity index (χ4v) is 5.36. The van der Waals surface area contributed by atoms with E-state index in [2.05, 4.69) is 4.98 Å². The van der Waals surface area contributed by atoms with Gasteiger partial charge in [0.05, 0.1) is 17.0 Å². The summed E-state index contributed by atoms with van der Waals surface area (Å²) in [6.45, 7) is 1.98. The van der Waals surface area contributed by atoms with Crippen LogP contribution in [0, 0.1) is 6.92 Å². The zero-order valence-corrected chi connectivity index (χ0v) is 15.9. The molecule has 0 bridgehead atoms. The highest BCUT2D eigenvalue weighted by Gasteiger charge is 2.22. The highest BCUT2D eigenvalue weighted by molar-refractivity contribution is 7.99. The van der Waals surface area contributed by atoms with Gasteiger partial charge >= 0.3 is 0 Å². The van der Waals surface area contributed by atoms with Gasteiger partial charge in [-0.2, -0.15) is 0 Å². The van der Waals surface area contributed by atoms with Gasteiger partial charge in [0.15, 0.2) is 5.16 Å². The monoisotopic (exact) mass is 385 g/mol. The van der Waals surface area contributed by atoms with Gasteiger partial charge in [-0.3, -0.25) is 9.36 Å². The number of nitrogens with zero attached hydrogens (tertiary/aromatic N) is 2. The third-order valence-electron chi connectivity index (χ3n) is 4.57. The summed E-state index contributed by atoms with van der Waals surface area (Å²) in [5.74, 6) is -1.42. The summed E-state index contributed by atoms with van der Waals surface area (Å²) in [4.78, 5) is 30.9. The first kappa shape index (κ1) is 17.3. The fourth-order valence-electron chi connectivity index (χ4n) is 3.33. The maximum Gasteiger partial charge on any atom is 0.267 e. The molecule has 2 heterocycles. The third-order valence-corrected chi connectivity index (χ3v) is 6.67. The van der Waals surface area contributed by atoms with E-state index in [1.165, 1.54) is 9.44 Å². The summed E-state index contributed by atoms with van der Waals surface area (Å²) in [6, 6.07) is 7.60. The van der Waals surface area contributed by atoms with Crippen LogP contribution in [0.1, 0.15) is 28.8 Å². The second-order valence-electron chi connectivity index (χ2n) is 6.42. The van der Waals surface area contributed by atoms with E-state index in [0.29, 0.717) is 21.1 Å². The van der Waals surface area contributed by atoms with Gasteiger partial charge in [0.25, 0.3) is 5.56 Å². The number of thiophene rings is 1. The lowest BCUT2D eigenvalue weighted by molar-refractivity contribution is -0.301. The molecule has 134 valence electrons. The Morgan fingerprint density at radius 1 is 1.27 bits per heavy atom. The number of thioether (sulfide) groups is 1. The van der Waals surface area contributed by atoms with Gasteiger partial charge in [-0.1, -0.05) is 29.5 Å². The van der Waals surface area contributed by atoms with Gasteiger partial charge < -0.3 is 9.90 Å². The summed E-state index contributed by atoms with van der Waals surface area (Å²) >= 11 is 2.59. The van der Waals surface area contributed by atoms with E-state index >= 15 is 0 Å². The summed E-state index contributed by atoms with van der Waals surface area (Å²) in [6.07, 6.45) is 4.12. The predicted octanol–water partition coefficient (Wildman–Crippen LogP) is 2.48. The lowest BCUT2D eigenvalue weighted by atomic mass is 9.97. The molecule has 4 rings (SSSR count). The van der Waals surface area contributed by atoms with Crippen LogP contribution >= 0.6 is 23.1 Å². The highest BCUT2D eigenvalue weighted by atomic mass is 32.2. The van der Waals surface area contributed by atoms with Crippen LogP contribution in [-0.2, 0) is 17.6 Å². The average molecular weight is 385 g/mol. The molecule has 0 spiro atoms. The first-order valence-electron chi connectivity index (χ1n) is 8.51. The number of aryl methyl sites for hydroxylation is 3. The van der Waals surface area contributed by atoms with Crippen molar-refractivity contribution in [3.05, 3.63) is 50.6 Å². The van der Waals surface area contributed by atoms with Crippen molar-refractivity contribution in [2.45, 2.75) is 37.8 Å². The number of fused-ring (bicyclic) bond motifs is 3. The van der Waals surface area contributed by atoms with Crippen LogP contribution in [0.5, 0.6) is 0 Å². The largest absolute Gasteiger partial charge is 0.549 e. The van der Waals surface area contributed by atoms with E-state index in [-0.39, 0.29) is 11.3 Å². The van der Waals surface area contributed by atoms with E-state index in [4.69, 9.17) is 0 Å². The van der Waals surface area contributed by atoms with Gasteiger partial charge in [0.2, 0.25) is 0 Å². The number of benzene rings is 1. The molecule has 0 fully saturated rings. The molecule has 0 amide bonds. The van der Waals surface area contributed by atoms with Crippen molar-refractivity contribution in [3.8, 4) is 5.69 Å². The van der Waals surface area contributed by atoms with Crippen molar-refractivity contribution in [1.29, 1.82) is 0 Å². The van der Waals surface area contributed by atoms with Crippen LogP contribution in [-0.4, -0.2) is 21.3 Å². The second-order valence-corrected chi connectivity index (χ2v) is 8.45. The smallest absolute Gasteiger partial charge is 0.267 e. The maximum absolute atomic E-state index is 13.4. The van der Waals surface area contributed by atoms with Crippen molar-refractivity contribution >= 4 is 39.3 Å². The Labute approximate surface area is 158 Å². The lowest BCUT2D eigenvalue weighted by Crippen LogP contribution is -2.26. The van der Waals surface area contributed by atoms with Crippen LogP contribution in [0.2, 0.25) is 0 Å². The number of hydrogen-bond acceptors (Lipinski definition) is 6. The summed E-state index contributed by atoms with van der Waals surface area (Å²) < 4.78 is 1.54. The zero-order chi connectivity index (χ0) is 18.3. The topological polar surface area (TPSA) is 75.0 Å². The van der Waals surface area contributed by atoms with Crippen molar-refractivity contribution in [2.24, 2.45) is 0 Å². The SMILES string of the molecule is Cc1ccc(-n2c(SCC(=O)[O-])nc3sc4c(c3c2=O)CCCC4)cc1. The molecular weight excluding hydrogens is 368 g/mol. The fraction of sp³-hybridized carbons (Fsp3) is 0.316. The van der Waals surface area contributed by atoms with E-state index in [1.54, 1.807) is 11.3 Å². The molecule has 0 atom stereocenters. The van der Waals surface area contributed by atoms with Crippen molar-refractivity contribution in [1.82, 2.24) is 9.55 Å². The van der Waals surface area contributed by atoms with Crippen molar-refractivity contribution in [3.63, 3.8) is 0 Å². The Bertz CT molecular complexity index is 1050. The van der Waals surface area contributed by atoms with E-state index in [0.717, 1.165) is 48.6 Å². The van der Waals surface area contributed by atoms with Gasteiger partial charge in [0.1, 0.15) is 4.83 Å². The number of carbonyl (C=O) groups is 1. The number of hydrogen-bond donors (Lipinski definition) is 0. The molecule has 7 heteroatoms. The van der Waals surface area contributed by atoms with Gasteiger partial charge in [-0.25, -0.2) is 4.98 Å². The summed E-state index contributed by atoms with van der Waals surface area (Å²) in [5.41, 5.74) is 2.81. The standard InChI is InChI=1S/C19H18N2O3S2/c1-11-6-8-12(9-7-11)21-18(24)16-13-4-2-3-5-14(13)26-17(16)20-19(21)25-10-15(22)23/h6-9H,2-5,10H2,1H3,(H,22,23)/p-1. The minimum absolute atomic E-state index is 0.112. The molecule has 5 nitrogen and oxygen atoms in total. The first-order valence-corrected chi connectivity index (χ1v) is 10.3. The zero-order valence-electron chi connectivity index (χ0n) is 14.3. The highest BCUT2D eigenvalue weighted by Crippen LogP contribution is 2.35. The predicted molar refractivity (Wildman–Crippen MR) is 102 cm³/mol. The Hall–Kier alpha value is -2.12. The van der Waals surface area contributed by atoms with Crippen LogP contribution in [0.4, 0.5) is 0 Å². The maximum atomic E-state index is 13.4. The minimum atomic E-state index is -1.18. The van der Waals surface area contributed by atoms with Gasteiger partial charge in [-0.05, 0) is 50.3 Å². The van der Waals surface area contributed by atoms with Gasteiger partial charge in [0, 0.05) is 10.6 Å². The number of aromatic nitrogens is 2. The molecule has 26 heavy (non-hydrogen) atoms. The third kappa shape index (κ3) is 3.05. The summed E-state index contributed by atoms with van der Waals surface area (Å²) in [5, 5.41) is 12.0. The Morgan fingerprint density at radius 2 is 2.00 bits per heavy atom. The average Bonchev–Trinajstić information content (AvgIpc) is 2.99. The molecule has 0 radical (unpaired) electrons. The molecule has 0 aliphatic heterocycles. The molecule has 2 aromatic heterocycles. The number of carbonyl (C=O) groups excluding carboxylic acids is 1.